The van der Waals surface area contributed by atoms with Crippen LogP contribution in [0.3, 0.4) is 0 Å². The van der Waals surface area contributed by atoms with Gasteiger partial charge >= 0.3 is 0 Å². The minimum absolute atomic E-state index is 0.850. The van der Waals surface area contributed by atoms with E-state index >= 15 is 0 Å². The molecular formula is C23H27N7S. The van der Waals surface area contributed by atoms with Crippen LogP contribution in [0, 0.1) is 5.92 Å². The maximum absolute atomic E-state index is 4.53. The summed E-state index contributed by atoms with van der Waals surface area (Å²) in [5.74, 6) is 1.70. The highest BCUT2D eigenvalue weighted by Gasteiger charge is 2.16. The van der Waals surface area contributed by atoms with Crippen molar-refractivity contribution in [2.24, 2.45) is 13.0 Å². The second-order valence-electron chi connectivity index (χ2n) is 8.32. The largest absolute Gasteiger partial charge is 0.324 e. The molecule has 8 heteroatoms. The number of benzene rings is 1. The zero-order valence-corrected chi connectivity index (χ0v) is 18.7. The zero-order valence-electron chi connectivity index (χ0n) is 17.9. The monoisotopic (exact) mass is 433 g/mol. The first kappa shape index (κ1) is 20.1. The van der Waals surface area contributed by atoms with Gasteiger partial charge in [-0.1, -0.05) is 19.1 Å². The van der Waals surface area contributed by atoms with Crippen LogP contribution in [0.25, 0.3) is 16.7 Å². The van der Waals surface area contributed by atoms with Crippen LogP contribution >= 0.6 is 11.9 Å². The van der Waals surface area contributed by atoms with E-state index in [0.29, 0.717) is 0 Å². The molecule has 0 atom stereocenters. The second kappa shape index (κ2) is 8.72. The lowest BCUT2D eigenvalue weighted by molar-refractivity contribution is 0.185. The first-order chi connectivity index (χ1) is 15.2. The quantitative estimate of drug-likeness (QED) is 0.452. The fourth-order valence-electron chi connectivity index (χ4n) is 4.08. The molecule has 1 aliphatic rings. The van der Waals surface area contributed by atoms with Crippen LogP contribution in [-0.4, -0.2) is 42.5 Å². The van der Waals surface area contributed by atoms with E-state index in [2.05, 4.69) is 56.0 Å². The van der Waals surface area contributed by atoms with Crippen LogP contribution in [0.15, 0.2) is 60.0 Å². The zero-order chi connectivity index (χ0) is 21.2. The van der Waals surface area contributed by atoms with E-state index in [1.807, 2.05) is 47.3 Å². The molecule has 160 valence electrons. The van der Waals surface area contributed by atoms with Crippen molar-refractivity contribution in [1.82, 2.24) is 29.4 Å². The maximum Gasteiger partial charge on any atom is 0.153 e. The molecule has 5 rings (SSSR count). The van der Waals surface area contributed by atoms with Gasteiger partial charge in [-0.3, -0.25) is 9.58 Å². The number of hydrogen-bond donors (Lipinski definition) is 1. The molecule has 31 heavy (non-hydrogen) atoms. The van der Waals surface area contributed by atoms with Gasteiger partial charge in [-0.05, 0) is 67.6 Å². The number of anilines is 1. The number of aromatic nitrogens is 5. The van der Waals surface area contributed by atoms with Crippen LogP contribution in [0.1, 0.15) is 25.3 Å². The van der Waals surface area contributed by atoms with Gasteiger partial charge in [0, 0.05) is 31.4 Å². The number of likely N-dealkylation sites (tertiary alicyclic amines) is 1. The Hall–Kier alpha value is -2.84. The molecule has 0 radical (unpaired) electrons. The number of piperidine rings is 1. The Balaban J connectivity index is 1.26. The highest BCUT2D eigenvalue weighted by atomic mass is 32.2. The second-order valence-corrected chi connectivity index (χ2v) is 9.20. The van der Waals surface area contributed by atoms with Crippen LogP contribution in [0.2, 0.25) is 0 Å². The molecule has 4 heterocycles. The third kappa shape index (κ3) is 4.45. The average molecular weight is 434 g/mol. The van der Waals surface area contributed by atoms with Crippen LogP contribution in [0.5, 0.6) is 0 Å². The van der Waals surface area contributed by atoms with Gasteiger partial charge in [0.25, 0.3) is 0 Å². The lowest BCUT2D eigenvalue weighted by atomic mass is 9.99. The van der Waals surface area contributed by atoms with Gasteiger partial charge in [-0.25, -0.2) is 9.67 Å². The molecule has 1 N–H and O–H groups in total. The van der Waals surface area contributed by atoms with Gasteiger partial charge in [0.1, 0.15) is 0 Å². The van der Waals surface area contributed by atoms with Crippen LogP contribution < -0.4 is 4.72 Å². The summed E-state index contributed by atoms with van der Waals surface area (Å²) < 4.78 is 7.17. The Labute approximate surface area is 186 Å². The standard InChI is InChI=1S/C23H27N7S/c1-17-7-10-29(11-8-17)15-18-6-9-24-22(12-18)30-16-20(14-26-30)31-27-21-5-3-4-19-13-25-28(2)23(19)21/h3-6,9,12-14,16-17,27H,7-8,10-11,15H2,1-2H3. The van der Waals surface area contributed by atoms with Gasteiger partial charge in [-0.2, -0.15) is 10.2 Å². The number of para-hydroxylation sites is 1. The van der Waals surface area contributed by atoms with Gasteiger partial charge < -0.3 is 4.72 Å². The van der Waals surface area contributed by atoms with E-state index < -0.39 is 0 Å². The summed E-state index contributed by atoms with van der Waals surface area (Å²) in [4.78, 5) is 8.09. The molecule has 1 aliphatic heterocycles. The minimum atomic E-state index is 0.850. The summed E-state index contributed by atoms with van der Waals surface area (Å²) in [6.07, 6.45) is 10.2. The maximum atomic E-state index is 4.53. The van der Waals surface area contributed by atoms with Crippen molar-refractivity contribution in [2.45, 2.75) is 31.2 Å². The molecule has 4 aromatic rings. The lowest BCUT2D eigenvalue weighted by Crippen LogP contribution is -2.32. The summed E-state index contributed by atoms with van der Waals surface area (Å²) in [5, 5.41) is 10.00. The highest BCUT2D eigenvalue weighted by Crippen LogP contribution is 2.28. The van der Waals surface area contributed by atoms with Crippen molar-refractivity contribution >= 4 is 28.5 Å². The predicted molar refractivity (Wildman–Crippen MR) is 125 cm³/mol. The fourth-order valence-corrected chi connectivity index (χ4v) is 4.72. The van der Waals surface area contributed by atoms with Gasteiger partial charge in [0.2, 0.25) is 0 Å². The van der Waals surface area contributed by atoms with Crippen molar-refractivity contribution < 1.29 is 0 Å². The molecule has 3 aromatic heterocycles. The average Bonchev–Trinajstić information content (AvgIpc) is 3.42. The SMILES string of the molecule is CC1CCN(Cc2ccnc(-n3cc(SNc4cccc5cnn(C)c45)cn3)c2)CC1. The molecule has 1 aromatic carbocycles. The summed E-state index contributed by atoms with van der Waals surface area (Å²) in [5.41, 5.74) is 3.40. The Bertz CT molecular complexity index is 1170. The lowest BCUT2D eigenvalue weighted by Gasteiger charge is -2.30. The third-order valence-corrected chi connectivity index (χ3v) is 6.69. The van der Waals surface area contributed by atoms with Crippen molar-refractivity contribution in [3.8, 4) is 5.82 Å². The molecule has 7 nitrogen and oxygen atoms in total. The summed E-state index contributed by atoms with van der Waals surface area (Å²) in [7, 11) is 1.96. The number of hydrogen-bond acceptors (Lipinski definition) is 6. The normalized spacial score (nSPS) is 15.5. The Morgan fingerprint density at radius 2 is 2.00 bits per heavy atom. The predicted octanol–water partition coefficient (Wildman–Crippen LogP) is 4.51. The Morgan fingerprint density at radius 3 is 2.87 bits per heavy atom. The molecular weight excluding hydrogens is 406 g/mol. The number of nitrogens with zero attached hydrogens (tertiary/aromatic N) is 6. The highest BCUT2D eigenvalue weighted by molar-refractivity contribution is 8.00. The number of aryl methyl sites for hydroxylation is 1. The van der Waals surface area contributed by atoms with E-state index in [1.54, 1.807) is 0 Å². The summed E-state index contributed by atoms with van der Waals surface area (Å²) in [6.45, 7) is 5.68. The number of rotatable bonds is 6. The van der Waals surface area contributed by atoms with E-state index in [0.717, 1.165) is 39.8 Å². The minimum Gasteiger partial charge on any atom is -0.324 e. The first-order valence-corrected chi connectivity index (χ1v) is 11.5. The first-order valence-electron chi connectivity index (χ1n) is 10.7. The van der Waals surface area contributed by atoms with E-state index in [4.69, 9.17) is 0 Å². The number of fused-ring (bicyclic) bond motifs is 1. The third-order valence-electron chi connectivity index (χ3n) is 5.93. The van der Waals surface area contributed by atoms with Crippen molar-refractivity contribution in [1.29, 1.82) is 0 Å². The Morgan fingerprint density at radius 1 is 1.13 bits per heavy atom. The fraction of sp³-hybridized carbons (Fsp3) is 0.348. The van der Waals surface area contributed by atoms with Crippen molar-refractivity contribution in [3.05, 3.63) is 60.7 Å². The van der Waals surface area contributed by atoms with Crippen molar-refractivity contribution in [3.63, 3.8) is 0 Å². The van der Waals surface area contributed by atoms with E-state index in [9.17, 15) is 0 Å². The van der Waals surface area contributed by atoms with Gasteiger partial charge in [0.15, 0.2) is 5.82 Å². The van der Waals surface area contributed by atoms with E-state index in [-0.39, 0.29) is 0 Å². The summed E-state index contributed by atoms with van der Waals surface area (Å²) in [6, 6.07) is 10.4. The molecule has 0 spiro atoms. The molecule has 1 fully saturated rings. The summed E-state index contributed by atoms with van der Waals surface area (Å²) >= 11 is 1.54. The van der Waals surface area contributed by atoms with E-state index in [1.165, 1.54) is 43.4 Å². The molecule has 0 bridgehead atoms. The number of pyridine rings is 1. The molecule has 0 saturated carbocycles. The van der Waals surface area contributed by atoms with Crippen LogP contribution in [-0.2, 0) is 13.6 Å². The van der Waals surface area contributed by atoms with Crippen molar-refractivity contribution in [2.75, 3.05) is 17.8 Å². The van der Waals surface area contributed by atoms with Crippen LogP contribution in [0.4, 0.5) is 5.69 Å². The smallest absolute Gasteiger partial charge is 0.153 e. The molecule has 1 saturated heterocycles. The van der Waals surface area contributed by atoms with Gasteiger partial charge in [0.05, 0.1) is 28.5 Å². The topological polar surface area (TPSA) is 63.8 Å². The number of nitrogens with one attached hydrogen (secondary N) is 1. The Kier molecular flexibility index (Phi) is 5.65. The molecule has 0 amide bonds. The van der Waals surface area contributed by atoms with Gasteiger partial charge in [-0.15, -0.1) is 0 Å². The molecule has 0 aliphatic carbocycles. The molecule has 0 unspecified atom stereocenters.